The SMILES string of the molecule is CC(C)=CCC[C@@H](C)[C@@H]1CC[C@]2(C)O[C@H]1[C@@H]1C(C)=C[C@@H](O)[C@H]12. The highest BCUT2D eigenvalue weighted by Crippen LogP contribution is 2.58. The predicted molar refractivity (Wildman–Crippen MR) is 90.6 cm³/mol. The summed E-state index contributed by atoms with van der Waals surface area (Å²) in [6, 6.07) is 0. The molecule has 0 aromatic carbocycles. The first kappa shape index (κ1) is 16.3. The lowest BCUT2D eigenvalue weighted by atomic mass is 9.77. The van der Waals surface area contributed by atoms with Crippen molar-refractivity contribution in [2.75, 3.05) is 0 Å². The van der Waals surface area contributed by atoms with Gasteiger partial charge in [-0.2, -0.15) is 0 Å². The molecule has 22 heavy (non-hydrogen) atoms. The van der Waals surface area contributed by atoms with Crippen LogP contribution in [-0.2, 0) is 4.74 Å². The van der Waals surface area contributed by atoms with Crippen LogP contribution in [0, 0.1) is 23.7 Å². The van der Waals surface area contributed by atoms with Crippen molar-refractivity contribution in [3.05, 3.63) is 23.3 Å². The van der Waals surface area contributed by atoms with Crippen molar-refractivity contribution < 1.29 is 9.84 Å². The fourth-order valence-corrected chi connectivity index (χ4v) is 5.30. The molecule has 2 saturated heterocycles. The number of ether oxygens (including phenoxy) is 1. The van der Waals surface area contributed by atoms with Gasteiger partial charge >= 0.3 is 0 Å². The molecule has 3 rings (SSSR count). The third-order valence-electron chi connectivity index (χ3n) is 6.48. The molecule has 2 heteroatoms. The maximum Gasteiger partial charge on any atom is 0.0785 e. The summed E-state index contributed by atoms with van der Waals surface area (Å²) in [5, 5.41) is 10.4. The molecule has 0 aromatic rings. The summed E-state index contributed by atoms with van der Waals surface area (Å²) in [6.07, 6.45) is 9.22. The van der Waals surface area contributed by atoms with Gasteiger partial charge in [0.25, 0.3) is 0 Å². The molecule has 0 amide bonds. The van der Waals surface area contributed by atoms with Gasteiger partial charge < -0.3 is 9.84 Å². The summed E-state index contributed by atoms with van der Waals surface area (Å²) in [5.41, 5.74) is 2.66. The quantitative estimate of drug-likeness (QED) is 0.775. The van der Waals surface area contributed by atoms with Crippen LogP contribution in [0.4, 0.5) is 0 Å². The minimum atomic E-state index is -0.306. The second-order valence-electron chi connectivity index (χ2n) is 8.39. The topological polar surface area (TPSA) is 29.5 Å². The van der Waals surface area contributed by atoms with Crippen molar-refractivity contribution in [1.29, 1.82) is 0 Å². The Labute approximate surface area is 135 Å². The van der Waals surface area contributed by atoms with E-state index in [1.165, 1.54) is 30.4 Å². The number of hydrogen-bond donors (Lipinski definition) is 1. The van der Waals surface area contributed by atoms with Crippen molar-refractivity contribution in [3.8, 4) is 0 Å². The van der Waals surface area contributed by atoms with Crippen LogP contribution >= 0.6 is 0 Å². The van der Waals surface area contributed by atoms with Crippen molar-refractivity contribution >= 4 is 0 Å². The van der Waals surface area contributed by atoms with Crippen LogP contribution in [0.15, 0.2) is 23.3 Å². The first-order valence-corrected chi connectivity index (χ1v) is 9.01. The summed E-state index contributed by atoms with van der Waals surface area (Å²) in [7, 11) is 0. The maximum atomic E-state index is 10.4. The largest absolute Gasteiger partial charge is 0.389 e. The molecular weight excluding hydrogens is 272 g/mol. The second kappa shape index (κ2) is 5.79. The lowest BCUT2D eigenvalue weighted by Crippen LogP contribution is -2.42. The first-order valence-electron chi connectivity index (χ1n) is 9.01. The van der Waals surface area contributed by atoms with Gasteiger partial charge in [-0.05, 0) is 65.2 Å². The summed E-state index contributed by atoms with van der Waals surface area (Å²) >= 11 is 0. The Morgan fingerprint density at radius 1 is 1.50 bits per heavy atom. The van der Waals surface area contributed by atoms with E-state index in [-0.39, 0.29) is 17.6 Å². The van der Waals surface area contributed by atoms with Crippen molar-refractivity contribution in [2.45, 2.75) is 78.1 Å². The molecule has 2 heterocycles. The van der Waals surface area contributed by atoms with E-state index in [4.69, 9.17) is 4.74 Å². The van der Waals surface area contributed by atoms with Crippen molar-refractivity contribution in [3.63, 3.8) is 0 Å². The van der Waals surface area contributed by atoms with Gasteiger partial charge in [-0.25, -0.2) is 0 Å². The van der Waals surface area contributed by atoms with E-state index in [1.807, 2.05) is 0 Å². The Kier molecular flexibility index (Phi) is 4.28. The summed E-state index contributed by atoms with van der Waals surface area (Å²) < 4.78 is 6.54. The van der Waals surface area contributed by atoms with Crippen LogP contribution in [0.3, 0.4) is 0 Å². The zero-order valence-corrected chi connectivity index (χ0v) is 14.8. The minimum absolute atomic E-state index is 0.112. The van der Waals surface area contributed by atoms with Gasteiger partial charge in [0, 0.05) is 11.8 Å². The zero-order valence-electron chi connectivity index (χ0n) is 14.8. The molecule has 0 unspecified atom stereocenters. The van der Waals surface area contributed by atoms with E-state index in [2.05, 4.69) is 46.8 Å². The lowest BCUT2D eigenvalue weighted by Gasteiger charge is -2.40. The fraction of sp³-hybridized carbons (Fsp3) is 0.800. The number of aliphatic hydroxyl groups is 1. The number of rotatable bonds is 4. The monoisotopic (exact) mass is 304 g/mol. The number of hydrogen-bond acceptors (Lipinski definition) is 2. The van der Waals surface area contributed by atoms with E-state index in [1.54, 1.807) is 0 Å². The summed E-state index contributed by atoms with van der Waals surface area (Å²) in [5.74, 6) is 2.06. The van der Waals surface area contributed by atoms with Gasteiger partial charge in [0.2, 0.25) is 0 Å². The first-order chi connectivity index (χ1) is 10.3. The molecule has 1 aliphatic carbocycles. The average molecular weight is 304 g/mol. The van der Waals surface area contributed by atoms with Crippen LogP contribution in [0.1, 0.15) is 60.3 Å². The Balaban J connectivity index is 1.74. The van der Waals surface area contributed by atoms with Gasteiger partial charge in [0.15, 0.2) is 0 Å². The zero-order chi connectivity index (χ0) is 16.1. The van der Waals surface area contributed by atoms with Crippen LogP contribution in [0.2, 0.25) is 0 Å². The molecule has 2 aliphatic heterocycles. The van der Waals surface area contributed by atoms with E-state index in [0.29, 0.717) is 23.9 Å². The molecule has 3 aliphatic rings. The molecule has 0 radical (unpaired) electrons. The molecule has 0 spiro atoms. The number of aliphatic hydroxyl groups excluding tert-OH is 1. The molecule has 2 nitrogen and oxygen atoms in total. The molecule has 1 N–H and O–H groups in total. The number of fused-ring (bicyclic) bond motifs is 5. The lowest BCUT2D eigenvalue weighted by molar-refractivity contribution is -0.125. The third-order valence-corrected chi connectivity index (χ3v) is 6.48. The Hall–Kier alpha value is -0.600. The van der Waals surface area contributed by atoms with E-state index >= 15 is 0 Å². The van der Waals surface area contributed by atoms with E-state index in [0.717, 1.165) is 6.42 Å². The summed E-state index contributed by atoms with van der Waals surface area (Å²) in [6.45, 7) is 11.2. The summed E-state index contributed by atoms with van der Waals surface area (Å²) in [4.78, 5) is 0. The molecule has 0 saturated carbocycles. The van der Waals surface area contributed by atoms with E-state index < -0.39 is 0 Å². The minimum Gasteiger partial charge on any atom is -0.389 e. The van der Waals surface area contributed by atoms with Crippen LogP contribution in [0.5, 0.6) is 0 Å². The van der Waals surface area contributed by atoms with Gasteiger partial charge in [-0.15, -0.1) is 0 Å². The second-order valence-corrected chi connectivity index (χ2v) is 8.39. The van der Waals surface area contributed by atoms with Gasteiger partial charge in [0.1, 0.15) is 0 Å². The maximum absolute atomic E-state index is 10.4. The average Bonchev–Trinajstić information content (AvgIpc) is 2.85. The van der Waals surface area contributed by atoms with Gasteiger partial charge in [0.05, 0.1) is 17.8 Å². The molecule has 2 bridgehead atoms. The highest BCUT2D eigenvalue weighted by atomic mass is 16.5. The standard InChI is InChI=1S/C20H32O2/c1-12(2)7-6-8-13(3)15-9-10-20(5)18-16(21)11-14(4)17(18)19(15)22-20/h7,11,13,15-19,21H,6,8-10H2,1-5H3/t13-,15+,16-,17-,18-,19-,20+/m1/s1. The highest BCUT2D eigenvalue weighted by molar-refractivity contribution is 5.27. The Morgan fingerprint density at radius 3 is 2.91 bits per heavy atom. The highest BCUT2D eigenvalue weighted by Gasteiger charge is 2.61. The van der Waals surface area contributed by atoms with Gasteiger partial charge in [-0.3, -0.25) is 0 Å². The Morgan fingerprint density at radius 2 is 2.23 bits per heavy atom. The van der Waals surface area contributed by atoms with E-state index in [9.17, 15) is 5.11 Å². The Bertz CT molecular complexity index is 488. The molecular formula is C20H32O2. The number of allylic oxidation sites excluding steroid dienone is 2. The predicted octanol–water partition coefficient (Wildman–Crippen LogP) is 4.49. The van der Waals surface area contributed by atoms with Crippen LogP contribution in [-0.4, -0.2) is 22.9 Å². The molecule has 2 fully saturated rings. The van der Waals surface area contributed by atoms with Crippen molar-refractivity contribution in [2.24, 2.45) is 23.7 Å². The molecule has 124 valence electrons. The fourth-order valence-electron chi connectivity index (χ4n) is 5.30. The third kappa shape index (κ3) is 2.59. The molecule has 0 aromatic heterocycles. The van der Waals surface area contributed by atoms with Crippen molar-refractivity contribution in [1.82, 2.24) is 0 Å². The molecule has 7 atom stereocenters. The van der Waals surface area contributed by atoms with Crippen LogP contribution < -0.4 is 0 Å². The van der Waals surface area contributed by atoms with Crippen LogP contribution in [0.25, 0.3) is 0 Å². The van der Waals surface area contributed by atoms with Gasteiger partial charge in [-0.1, -0.05) is 30.2 Å². The smallest absolute Gasteiger partial charge is 0.0785 e. The normalized spacial score (nSPS) is 44.5.